The lowest BCUT2D eigenvalue weighted by molar-refractivity contribution is 0.258. The zero-order valence-electron chi connectivity index (χ0n) is 7.87. The van der Waals surface area contributed by atoms with Gasteiger partial charge in [0.1, 0.15) is 5.75 Å². The summed E-state index contributed by atoms with van der Waals surface area (Å²) in [5, 5.41) is 9.72. The lowest BCUT2D eigenvalue weighted by Crippen LogP contribution is -2.01. The molecule has 1 aromatic carbocycles. The summed E-state index contributed by atoms with van der Waals surface area (Å²) in [6.45, 7) is 0.731. The Morgan fingerprint density at radius 1 is 1.43 bits per heavy atom. The molecule has 0 saturated heterocycles. The summed E-state index contributed by atoms with van der Waals surface area (Å²) in [5.41, 5.74) is 0.762. The molecule has 1 fully saturated rings. The third-order valence-electron chi connectivity index (χ3n) is 2.36. The molecule has 1 aliphatic rings. The average molecular weight is 213 g/mol. The number of rotatable bonds is 4. The molecule has 76 valence electrons. The number of aliphatic hydroxyl groups excluding tert-OH is 1. The topological polar surface area (TPSA) is 29.5 Å². The summed E-state index contributed by atoms with van der Waals surface area (Å²) >= 11 is 5.80. The molecule has 2 nitrogen and oxygen atoms in total. The van der Waals surface area contributed by atoms with Crippen LogP contribution in [0, 0.1) is 5.92 Å². The van der Waals surface area contributed by atoms with Crippen molar-refractivity contribution in [2.75, 3.05) is 6.61 Å². The fraction of sp³-hybridized carbons (Fsp3) is 0.455. The molecule has 1 saturated carbocycles. The number of hydrogen-bond acceptors (Lipinski definition) is 2. The van der Waals surface area contributed by atoms with Crippen LogP contribution in [-0.4, -0.2) is 11.7 Å². The Balaban J connectivity index is 2.05. The smallest absolute Gasteiger partial charge is 0.124 e. The molecule has 1 aromatic rings. The number of aliphatic hydroxyl groups is 1. The highest BCUT2D eigenvalue weighted by Gasteiger charge is 2.22. The minimum absolute atomic E-state index is 0.0272. The standard InChI is InChI=1S/C11H13ClO2/c12-10-3-4-11(9(5-10)6-13)14-7-8-1-2-8/h3-5,8,13H,1-2,6-7H2. The zero-order valence-corrected chi connectivity index (χ0v) is 8.63. The van der Waals surface area contributed by atoms with Gasteiger partial charge in [-0.2, -0.15) is 0 Å². The molecule has 0 amide bonds. The predicted molar refractivity (Wildman–Crippen MR) is 55.6 cm³/mol. The van der Waals surface area contributed by atoms with Crippen LogP contribution in [0.2, 0.25) is 5.02 Å². The molecule has 0 unspecified atom stereocenters. The summed E-state index contributed by atoms with van der Waals surface area (Å²) in [7, 11) is 0. The van der Waals surface area contributed by atoms with Crippen LogP contribution in [0.25, 0.3) is 0 Å². The first-order valence-corrected chi connectivity index (χ1v) is 5.19. The van der Waals surface area contributed by atoms with Crippen molar-refractivity contribution in [1.82, 2.24) is 0 Å². The summed E-state index contributed by atoms with van der Waals surface area (Å²) in [6, 6.07) is 5.34. The molecule has 2 rings (SSSR count). The van der Waals surface area contributed by atoms with Gasteiger partial charge in [-0.15, -0.1) is 0 Å². The van der Waals surface area contributed by atoms with E-state index in [-0.39, 0.29) is 6.61 Å². The lowest BCUT2D eigenvalue weighted by Gasteiger charge is -2.09. The van der Waals surface area contributed by atoms with Crippen LogP contribution in [-0.2, 0) is 6.61 Å². The highest BCUT2D eigenvalue weighted by Crippen LogP contribution is 2.31. The molecule has 3 heteroatoms. The van der Waals surface area contributed by atoms with Crippen molar-refractivity contribution in [2.24, 2.45) is 5.92 Å². The molecule has 1 N–H and O–H groups in total. The minimum Gasteiger partial charge on any atom is -0.493 e. The van der Waals surface area contributed by atoms with Crippen molar-refractivity contribution < 1.29 is 9.84 Å². The summed E-state index contributed by atoms with van der Waals surface area (Å²) in [4.78, 5) is 0. The van der Waals surface area contributed by atoms with E-state index < -0.39 is 0 Å². The van der Waals surface area contributed by atoms with E-state index in [1.165, 1.54) is 12.8 Å². The number of halogens is 1. The molecular formula is C11H13ClO2. The Labute approximate surface area is 88.5 Å². The monoisotopic (exact) mass is 212 g/mol. The summed E-state index contributed by atoms with van der Waals surface area (Å²) in [5.74, 6) is 1.47. The summed E-state index contributed by atoms with van der Waals surface area (Å²) in [6.07, 6.45) is 2.53. The van der Waals surface area contributed by atoms with E-state index >= 15 is 0 Å². The number of ether oxygens (including phenoxy) is 1. The maximum atomic E-state index is 9.09. The Morgan fingerprint density at radius 3 is 2.86 bits per heavy atom. The second-order valence-corrected chi connectivity index (χ2v) is 4.10. The minimum atomic E-state index is -0.0272. The highest BCUT2D eigenvalue weighted by atomic mass is 35.5. The molecule has 0 aliphatic heterocycles. The third-order valence-corrected chi connectivity index (χ3v) is 2.60. The van der Waals surface area contributed by atoms with Crippen LogP contribution < -0.4 is 4.74 Å². The van der Waals surface area contributed by atoms with Crippen molar-refractivity contribution in [3.05, 3.63) is 28.8 Å². The molecule has 1 aliphatic carbocycles. The van der Waals surface area contributed by atoms with Crippen LogP contribution >= 0.6 is 11.6 Å². The summed E-state index contributed by atoms with van der Waals surface area (Å²) < 4.78 is 5.59. The quantitative estimate of drug-likeness (QED) is 0.832. The lowest BCUT2D eigenvalue weighted by atomic mass is 10.2. The van der Waals surface area contributed by atoms with E-state index in [0.29, 0.717) is 5.02 Å². The van der Waals surface area contributed by atoms with Gasteiger partial charge in [-0.25, -0.2) is 0 Å². The second-order valence-electron chi connectivity index (χ2n) is 3.66. The normalized spacial score (nSPS) is 15.6. The third kappa shape index (κ3) is 2.40. The van der Waals surface area contributed by atoms with Crippen LogP contribution in [0.3, 0.4) is 0 Å². The van der Waals surface area contributed by atoms with Gasteiger partial charge in [-0.05, 0) is 37.0 Å². The van der Waals surface area contributed by atoms with Crippen molar-refractivity contribution in [2.45, 2.75) is 19.4 Å². The van der Waals surface area contributed by atoms with Gasteiger partial charge in [0.25, 0.3) is 0 Å². The fourth-order valence-electron chi connectivity index (χ4n) is 1.30. The van der Waals surface area contributed by atoms with E-state index in [2.05, 4.69) is 0 Å². The van der Waals surface area contributed by atoms with E-state index in [1.54, 1.807) is 12.1 Å². The maximum Gasteiger partial charge on any atom is 0.124 e. The first kappa shape index (κ1) is 9.81. The van der Waals surface area contributed by atoms with Crippen molar-refractivity contribution in [3.8, 4) is 5.75 Å². The SMILES string of the molecule is OCc1cc(Cl)ccc1OCC1CC1. The molecule has 0 bridgehead atoms. The van der Waals surface area contributed by atoms with Crippen molar-refractivity contribution in [1.29, 1.82) is 0 Å². The first-order valence-electron chi connectivity index (χ1n) is 4.81. The first-order chi connectivity index (χ1) is 6.79. The Morgan fingerprint density at radius 2 is 2.21 bits per heavy atom. The van der Waals surface area contributed by atoms with Gasteiger partial charge in [-0.3, -0.25) is 0 Å². The highest BCUT2D eigenvalue weighted by molar-refractivity contribution is 6.30. The van der Waals surface area contributed by atoms with E-state index in [4.69, 9.17) is 21.4 Å². The molecule has 0 spiro atoms. The molecule has 14 heavy (non-hydrogen) atoms. The van der Waals surface area contributed by atoms with E-state index in [1.807, 2.05) is 6.07 Å². The van der Waals surface area contributed by atoms with Gasteiger partial charge in [-0.1, -0.05) is 11.6 Å². The average Bonchev–Trinajstić information content (AvgIpc) is 2.99. The molecule has 0 aromatic heterocycles. The van der Waals surface area contributed by atoms with Crippen molar-refractivity contribution >= 4 is 11.6 Å². The van der Waals surface area contributed by atoms with Crippen LogP contribution in [0.4, 0.5) is 0 Å². The number of hydrogen-bond donors (Lipinski definition) is 1. The van der Waals surface area contributed by atoms with Gasteiger partial charge >= 0.3 is 0 Å². The Bertz CT molecular complexity index is 321. The molecule has 0 atom stereocenters. The zero-order chi connectivity index (χ0) is 9.97. The van der Waals surface area contributed by atoms with Gasteiger partial charge in [0.2, 0.25) is 0 Å². The fourth-order valence-corrected chi connectivity index (χ4v) is 1.50. The second kappa shape index (κ2) is 4.20. The van der Waals surface area contributed by atoms with Crippen LogP contribution in [0.5, 0.6) is 5.75 Å². The number of benzene rings is 1. The van der Waals surface area contributed by atoms with Gasteiger partial charge < -0.3 is 9.84 Å². The van der Waals surface area contributed by atoms with Gasteiger partial charge in [0, 0.05) is 10.6 Å². The van der Waals surface area contributed by atoms with Gasteiger partial charge in [0.15, 0.2) is 0 Å². The molecule has 0 radical (unpaired) electrons. The predicted octanol–water partition coefficient (Wildman–Crippen LogP) is 2.62. The van der Waals surface area contributed by atoms with E-state index in [0.717, 1.165) is 23.8 Å². The van der Waals surface area contributed by atoms with Crippen LogP contribution in [0.1, 0.15) is 18.4 Å². The Hall–Kier alpha value is -0.730. The molecular weight excluding hydrogens is 200 g/mol. The Kier molecular flexibility index (Phi) is 2.94. The maximum absolute atomic E-state index is 9.09. The molecule has 0 heterocycles. The van der Waals surface area contributed by atoms with Crippen molar-refractivity contribution in [3.63, 3.8) is 0 Å². The van der Waals surface area contributed by atoms with E-state index in [9.17, 15) is 0 Å². The largest absolute Gasteiger partial charge is 0.493 e. The van der Waals surface area contributed by atoms with Gasteiger partial charge in [0.05, 0.1) is 13.2 Å². The van der Waals surface area contributed by atoms with Crippen LogP contribution in [0.15, 0.2) is 18.2 Å².